The second kappa shape index (κ2) is 4.11. The third kappa shape index (κ3) is 2.05. The minimum Gasteiger partial charge on any atom is -0.397 e. The summed E-state index contributed by atoms with van der Waals surface area (Å²) >= 11 is 0. The highest BCUT2D eigenvalue weighted by molar-refractivity contribution is 5.41. The average Bonchev–Trinajstić information content (AvgIpc) is 2.83. The highest BCUT2D eigenvalue weighted by Gasteiger charge is 2.60. The van der Waals surface area contributed by atoms with E-state index in [1.165, 1.54) is 0 Å². The fourth-order valence-corrected chi connectivity index (χ4v) is 1.94. The molecule has 1 aliphatic heterocycles. The Morgan fingerprint density at radius 1 is 1.28 bits per heavy atom. The molecular formula is C10H11F5N2O. The maximum absolute atomic E-state index is 13.3. The first-order chi connectivity index (χ1) is 8.23. The van der Waals surface area contributed by atoms with Gasteiger partial charge in [-0.2, -0.15) is 22.0 Å². The number of aromatic nitrogens is 1. The fourth-order valence-electron chi connectivity index (χ4n) is 1.94. The van der Waals surface area contributed by atoms with Crippen molar-refractivity contribution in [1.29, 1.82) is 0 Å². The van der Waals surface area contributed by atoms with Crippen LogP contribution in [0.15, 0.2) is 12.3 Å². The molecule has 1 aliphatic rings. The summed E-state index contributed by atoms with van der Waals surface area (Å²) in [5.74, 6) is -4.92. The quantitative estimate of drug-likeness (QED) is 0.839. The van der Waals surface area contributed by atoms with Gasteiger partial charge in [0.1, 0.15) is 0 Å². The van der Waals surface area contributed by atoms with Gasteiger partial charge in [-0.15, -0.1) is 0 Å². The van der Waals surface area contributed by atoms with E-state index in [0.717, 1.165) is 10.8 Å². The largest absolute Gasteiger partial charge is 0.459 e. The maximum Gasteiger partial charge on any atom is 0.459 e. The van der Waals surface area contributed by atoms with E-state index in [1.54, 1.807) is 0 Å². The molecule has 1 aromatic heterocycles. The number of anilines is 1. The van der Waals surface area contributed by atoms with Crippen LogP contribution in [0, 0.1) is 0 Å². The number of nitrogens with two attached hydrogens (primary N) is 1. The Kier molecular flexibility index (Phi) is 3.00. The van der Waals surface area contributed by atoms with Crippen LogP contribution >= 0.6 is 0 Å². The molecule has 1 aromatic rings. The number of nitrogens with zero attached hydrogens (tertiary/aromatic N) is 1. The van der Waals surface area contributed by atoms with Crippen molar-refractivity contribution in [3.63, 3.8) is 0 Å². The molecular weight excluding hydrogens is 259 g/mol. The number of rotatable bonds is 2. The van der Waals surface area contributed by atoms with Gasteiger partial charge in [0.25, 0.3) is 0 Å². The molecule has 0 aromatic carbocycles. The first-order valence-electron chi connectivity index (χ1n) is 5.23. The lowest BCUT2D eigenvalue weighted by Gasteiger charge is -2.23. The van der Waals surface area contributed by atoms with Crippen molar-refractivity contribution in [3.05, 3.63) is 18.0 Å². The molecule has 1 fully saturated rings. The fraction of sp³-hybridized carbons (Fsp3) is 0.600. The van der Waals surface area contributed by atoms with Crippen LogP contribution in [-0.2, 0) is 10.7 Å². The van der Waals surface area contributed by atoms with Crippen molar-refractivity contribution in [2.45, 2.75) is 24.6 Å². The van der Waals surface area contributed by atoms with Gasteiger partial charge in [-0.1, -0.05) is 0 Å². The van der Waals surface area contributed by atoms with E-state index in [9.17, 15) is 22.0 Å². The Balaban J connectivity index is 2.44. The van der Waals surface area contributed by atoms with Gasteiger partial charge in [0.2, 0.25) is 0 Å². The number of hydrogen-bond donors (Lipinski definition) is 1. The van der Waals surface area contributed by atoms with E-state index in [4.69, 9.17) is 10.5 Å². The first-order valence-corrected chi connectivity index (χ1v) is 5.23. The Morgan fingerprint density at radius 3 is 2.44 bits per heavy atom. The molecule has 0 amide bonds. The molecule has 0 radical (unpaired) electrons. The van der Waals surface area contributed by atoms with Gasteiger partial charge >= 0.3 is 12.1 Å². The van der Waals surface area contributed by atoms with Gasteiger partial charge in [0.05, 0.1) is 18.3 Å². The van der Waals surface area contributed by atoms with E-state index in [1.807, 2.05) is 0 Å². The zero-order valence-corrected chi connectivity index (χ0v) is 9.18. The zero-order chi connectivity index (χ0) is 13.6. The number of halogens is 5. The molecule has 102 valence electrons. The zero-order valence-electron chi connectivity index (χ0n) is 9.18. The molecule has 2 heterocycles. The van der Waals surface area contributed by atoms with Gasteiger partial charge < -0.3 is 15.0 Å². The summed E-state index contributed by atoms with van der Waals surface area (Å²) in [5, 5.41) is 0. The SMILES string of the molecule is Nc1cc(C(F)(F)C(F)(F)F)n([C@@H]2CCOC2)c1. The smallest absolute Gasteiger partial charge is 0.397 e. The van der Waals surface area contributed by atoms with Crippen molar-refractivity contribution >= 4 is 5.69 Å². The van der Waals surface area contributed by atoms with E-state index in [2.05, 4.69) is 0 Å². The van der Waals surface area contributed by atoms with Gasteiger partial charge in [0, 0.05) is 18.5 Å². The van der Waals surface area contributed by atoms with Gasteiger partial charge in [0.15, 0.2) is 0 Å². The average molecular weight is 270 g/mol. The molecule has 8 heteroatoms. The molecule has 18 heavy (non-hydrogen) atoms. The van der Waals surface area contributed by atoms with Crippen LogP contribution in [0.2, 0.25) is 0 Å². The Labute approximate surface area is 99.3 Å². The van der Waals surface area contributed by atoms with Crippen LogP contribution < -0.4 is 5.73 Å². The second-order valence-electron chi connectivity index (χ2n) is 4.16. The van der Waals surface area contributed by atoms with Gasteiger partial charge in [-0.3, -0.25) is 0 Å². The summed E-state index contributed by atoms with van der Waals surface area (Å²) in [5.41, 5.74) is 4.06. The second-order valence-corrected chi connectivity index (χ2v) is 4.16. The molecule has 2 rings (SSSR count). The molecule has 0 unspecified atom stereocenters. The summed E-state index contributed by atoms with van der Waals surface area (Å²) in [6.07, 6.45) is -4.17. The van der Waals surface area contributed by atoms with E-state index in [-0.39, 0.29) is 12.3 Å². The molecule has 0 bridgehead atoms. The predicted molar refractivity (Wildman–Crippen MR) is 53.3 cm³/mol. The maximum atomic E-state index is 13.3. The monoisotopic (exact) mass is 270 g/mol. The topological polar surface area (TPSA) is 40.2 Å². The summed E-state index contributed by atoms with van der Waals surface area (Å²) in [4.78, 5) is 0. The van der Waals surface area contributed by atoms with Crippen LogP contribution in [0.25, 0.3) is 0 Å². The van der Waals surface area contributed by atoms with Crippen LogP contribution in [0.3, 0.4) is 0 Å². The molecule has 0 saturated carbocycles. The molecule has 0 spiro atoms. The Bertz CT molecular complexity index is 434. The number of ether oxygens (including phenoxy) is 1. The number of alkyl halides is 5. The number of nitrogen functional groups attached to an aromatic ring is 1. The third-order valence-electron chi connectivity index (χ3n) is 2.85. The lowest BCUT2D eigenvalue weighted by atomic mass is 10.2. The molecule has 1 atom stereocenters. The Hall–Kier alpha value is -1.31. The van der Waals surface area contributed by atoms with Gasteiger partial charge in [-0.25, -0.2) is 0 Å². The van der Waals surface area contributed by atoms with Crippen LogP contribution in [0.4, 0.5) is 27.6 Å². The van der Waals surface area contributed by atoms with E-state index in [0.29, 0.717) is 19.1 Å². The first kappa shape index (κ1) is 13.1. The van der Waals surface area contributed by atoms with Crippen LogP contribution in [0.5, 0.6) is 0 Å². The normalized spacial score (nSPS) is 21.5. The van der Waals surface area contributed by atoms with Gasteiger partial charge in [-0.05, 0) is 12.5 Å². The van der Waals surface area contributed by atoms with Crippen molar-refractivity contribution in [2.24, 2.45) is 0 Å². The molecule has 0 aliphatic carbocycles. The summed E-state index contributed by atoms with van der Waals surface area (Å²) in [6.45, 7) is 0.439. The van der Waals surface area contributed by atoms with Crippen molar-refractivity contribution in [3.8, 4) is 0 Å². The molecule has 3 nitrogen and oxygen atoms in total. The standard InChI is InChI=1S/C10H11F5N2O/c11-9(12,10(13,14)15)8-3-6(16)4-17(8)7-1-2-18-5-7/h3-4,7H,1-2,5,16H2/t7-/m1/s1. The van der Waals surface area contributed by atoms with Crippen molar-refractivity contribution < 1.29 is 26.7 Å². The highest BCUT2D eigenvalue weighted by Crippen LogP contribution is 2.45. The summed E-state index contributed by atoms with van der Waals surface area (Å²) in [7, 11) is 0. The lowest BCUT2D eigenvalue weighted by molar-refractivity contribution is -0.292. The lowest BCUT2D eigenvalue weighted by Crippen LogP contribution is -2.36. The molecule has 1 saturated heterocycles. The summed E-state index contributed by atoms with van der Waals surface area (Å²) in [6, 6.07) is 0.122. The minimum absolute atomic E-state index is 0.106. The Morgan fingerprint density at radius 2 is 1.94 bits per heavy atom. The number of hydrogen-bond acceptors (Lipinski definition) is 2. The van der Waals surface area contributed by atoms with Crippen LogP contribution in [0.1, 0.15) is 18.2 Å². The molecule has 2 N–H and O–H groups in total. The predicted octanol–water partition coefficient (Wildman–Crippen LogP) is 2.69. The van der Waals surface area contributed by atoms with E-state index >= 15 is 0 Å². The highest BCUT2D eigenvalue weighted by atomic mass is 19.4. The third-order valence-corrected chi connectivity index (χ3v) is 2.85. The van der Waals surface area contributed by atoms with Crippen molar-refractivity contribution in [1.82, 2.24) is 4.57 Å². The van der Waals surface area contributed by atoms with E-state index < -0.39 is 23.8 Å². The summed E-state index contributed by atoms with van der Waals surface area (Å²) < 4.78 is 69.6. The minimum atomic E-state index is -5.64. The van der Waals surface area contributed by atoms with Crippen LogP contribution in [-0.4, -0.2) is 24.0 Å². The van der Waals surface area contributed by atoms with Crippen molar-refractivity contribution in [2.75, 3.05) is 18.9 Å².